The zero-order valence-electron chi connectivity index (χ0n) is 10.9. The van der Waals surface area contributed by atoms with E-state index >= 15 is 0 Å². The van der Waals surface area contributed by atoms with E-state index in [1.165, 1.54) is 12.1 Å². The first-order chi connectivity index (χ1) is 9.38. The van der Waals surface area contributed by atoms with Crippen LogP contribution in [0.4, 0.5) is 18.9 Å². The van der Waals surface area contributed by atoms with Crippen molar-refractivity contribution in [3.63, 3.8) is 0 Å². The minimum Gasteiger partial charge on any atom is -0.327 e. The fraction of sp³-hybridized carbons (Fsp3) is 0.500. The second-order valence-electron chi connectivity index (χ2n) is 5.12. The van der Waals surface area contributed by atoms with Crippen LogP contribution < -0.4 is 11.1 Å². The Morgan fingerprint density at radius 3 is 2.30 bits per heavy atom. The predicted octanol–water partition coefficient (Wildman–Crippen LogP) is 3.16. The Labute approximate surface area is 115 Å². The second kappa shape index (κ2) is 5.83. The monoisotopic (exact) mass is 286 g/mol. The third-order valence-electron chi connectivity index (χ3n) is 3.64. The maximum Gasteiger partial charge on any atom is 0.416 e. The molecule has 1 fully saturated rings. The van der Waals surface area contributed by atoms with Crippen LogP contribution in [0.2, 0.25) is 0 Å². The highest BCUT2D eigenvalue weighted by atomic mass is 19.4. The van der Waals surface area contributed by atoms with Gasteiger partial charge in [-0.15, -0.1) is 0 Å². The lowest BCUT2D eigenvalue weighted by Crippen LogP contribution is -2.40. The molecule has 1 aliphatic carbocycles. The van der Waals surface area contributed by atoms with E-state index in [1.807, 2.05) is 0 Å². The fourth-order valence-corrected chi connectivity index (χ4v) is 2.46. The summed E-state index contributed by atoms with van der Waals surface area (Å²) in [5.74, 6) is -0.469. The molecule has 1 saturated carbocycles. The van der Waals surface area contributed by atoms with Crippen molar-refractivity contribution >= 4 is 11.6 Å². The summed E-state index contributed by atoms with van der Waals surface area (Å²) < 4.78 is 37.3. The molecule has 6 heteroatoms. The molecule has 1 aliphatic rings. The number of hydrogen-bond donors (Lipinski definition) is 2. The minimum atomic E-state index is -4.37. The topological polar surface area (TPSA) is 55.1 Å². The summed E-state index contributed by atoms with van der Waals surface area (Å²) in [5.41, 5.74) is 5.54. The molecule has 110 valence electrons. The van der Waals surface area contributed by atoms with Crippen LogP contribution in [0.25, 0.3) is 0 Å². The summed E-state index contributed by atoms with van der Waals surface area (Å²) in [5, 5.41) is 2.63. The molecule has 0 radical (unpaired) electrons. The highest BCUT2D eigenvalue weighted by Gasteiger charge is 2.31. The number of alkyl halides is 3. The summed E-state index contributed by atoms with van der Waals surface area (Å²) in [6.45, 7) is 0. The number of anilines is 1. The molecule has 1 amide bonds. The van der Waals surface area contributed by atoms with Gasteiger partial charge >= 0.3 is 6.18 Å². The lowest BCUT2D eigenvalue weighted by molar-refractivity contribution is -0.137. The Morgan fingerprint density at radius 1 is 1.15 bits per heavy atom. The largest absolute Gasteiger partial charge is 0.416 e. The summed E-state index contributed by atoms with van der Waals surface area (Å²) in [6, 6.07) is 4.26. The van der Waals surface area contributed by atoms with Gasteiger partial charge in [0.1, 0.15) is 0 Å². The van der Waals surface area contributed by atoms with Gasteiger partial charge < -0.3 is 11.1 Å². The molecule has 0 aromatic heterocycles. The number of rotatable bonds is 2. The average molecular weight is 286 g/mol. The Hall–Kier alpha value is -1.56. The highest BCUT2D eigenvalue weighted by Crippen LogP contribution is 2.30. The van der Waals surface area contributed by atoms with E-state index in [-0.39, 0.29) is 17.9 Å². The highest BCUT2D eigenvalue weighted by molar-refractivity contribution is 5.93. The first-order valence-corrected chi connectivity index (χ1v) is 6.61. The van der Waals surface area contributed by atoms with Gasteiger partial charge in [-0.25, -0.2) is 0 Å². The standard InChI is InChI=1S/C14H17F3N2O/c15-14(16,17)9-5-7-10(8-6-9)19-13(20)11-3-1-2-4-12(11)18/h5-8,11-12H,1-4,18H2,(H,19,20). The van der Waals surface area contributed by atoms with Crippen molar-refractivity contribution in [3.05, 3.63) is 29.8 Å². The summed E-state index contributed by atoms with van der Waals surface area (Å²) in [4.78, 5) is 12.0. The van der Waals surface area contributed by atoms with E-state index in [1.54, 1.807) is 0 Å². The number of carbonyl (C=O) groups is 1. The van der Waals surface area contributed by atoms with E-state index in [4.69, 9.17) is 5.73 Å². The lowest BCUT2D eigenvalue weighted by atomic mass is 9.84. The summed E-state index contributed by atoms with van der Waals surface area (Å²) in [7, 11) is 0. The summed E-state index contributed by atoms with van der Waals surface area (Å²) >= 11 is 0. The van der Waals surface area contributed by atoms with Gasteiger partial charge in [-0.2, -0.15) is 13.2 Å². The van der Waals surface area contributed by atoms with Gasteiger partial charge in [0.2, 0.25) is 5.91 Å². The number of carbonyl (C=O) groups excluding carboxylic acids is 1. The van der Waals surface area contributed by atoms with E-state index < -0.39 is 11.7 Å². The molecule has 0 aliphatic heterocycles. The van der Waals surface area contributed by atoms with E-state index in [2.05, 4.69) is 5.32 Å². The molecule has 1 aromatic carbocycles. The molecule has 0 heterocycles. The number of nitrogens with one attached hydrogen (secondary N) is 1. The number of halogens is 3. The SMILES string of the molecule is NC1CCCCC1C(=O)Nc1ccc(C(F)(F)F)cc1. The quantitative estimate of drug-likeness (QED) is 0.877. The van der Waals surface area contributed by atoms with Crippen molar-refractivity contribution < 1.29 is 18.0 Å². The molecule has 0 spiro atoms. The van der Waals surface area contributed by atoms with Gasteiger partial charge in [0, 0.05) is 11.7 Å². The van der Waals surface area contributed by atoms with Crippen LogP contribution in [0, 0.1) is 5.92 Å². The number of hydrogen-bond acceptors (Lipinski definition) is 2. The number of benzene rings is 1. The molecule has 3 N–H and O–H groups in total. The molecule has 3 nitrogen and oxygen atoms in total. The Kier molecular flexibility index (Phi) is 4.32. The average Bonchev–Trinajstić information content (AvgIpc) is 2.38. The minimum absolute atomic E-state index is 0.168. The smallest absolute Gasteiger partial charge is 0.327 e. The number of amides is 1. The Balaban J connectivity index is 2.01. The van der Waals surface area contributed by atoms with Crippen molar-refractivity contribution in [1.82, 2.24) is 0 Å². The summed E-state index contributed by atoms with van der Waals surface area (Å²) in [6.07, 6.45) is -0.850. The first kappa shape index (κ1) is 14.8. The molecule has 20 heavy (non-hydrogen) atoms. The first-order valence-electron chi connectivity index (χ1n) is 6.61. The van der Waals surface area contributed by atoms with E-state index in [0.717, 1.165) is 37.8 Å². The van der Waals surface area contributed by atoms with Crippen molar-refractivity contribution in [2.75, 3.05) is 5.32 Å². The molecule has 0 bridgehead atoms. The molecule has 2 unspecified atom stereocenters. The van der Waals surface area contributed by atoms with Crippen LogP contribution in [0.15, 0.2) is 24.3 Å². The van der Waals surface area contributed by atoms with Gasteiger partial charge in [0.15, 0.2) is 0 Å². The van der Waals surface area contributed by atoms with Crippen molar-refractivity contribution in [1.29, 1.82) is 0 Å². The van der Waals surface area contributed by atoms with E-state index in [9.17, 15) is 18.0 Å². The number of nitrogens with two attached hydrogens (primary N) is 1. The Bertz CT molecular complexity index is 470. The van der Waals surface area contributed by atoms with Gasteiger partial charge in [-0.3, -0.25) is 4.79 Å². The molecular formula is C14H17F3N2O. The molecule has 2 atom stereocenters. The van der Waals surface area contributed by atoms with Gasteiger partial charge in [-0.05, 0) is 37.1 Å². The van der Waals surface area contributed by atoms with Crippen molar-refractivity contribution in [3.8, 4) is 0 Å². The zero-order valence-corrected chi connectivity index (χ0v) is 10.9. The van der Waals surface area contributed by atoms with Crippen LogP contribution in [0.3, 0.4) is 0 Å². The van der Waals surface area contributed by atoms with Crippen LogP contribution in [-0.4, -0.2) is 11.9 Å². The maximum atomic E-state index is 12.4. The van der Waals surface area contributed by atoms with Gasteiger partial charge in [0.05, 0.1) is 11.5 Å². The van der Waals surface area contributed by atoms with Gasteiger partial charge in [0.25, 0.3) is 0 Å². The Morgan fingerprint density at radius 2 is 1.75 bits per heavy atom. The molecule has 1 aromatic rings. The second-order valence-corrected chi connectivity index (χ2v) is 5.12. The predicted molar refractivity (Wildman–Crippen MR) is 70.0 cm³/mol. The van der Waals surface area contributed by atoms with Gasteiger partial charge in [-0.1, -0.05) is 12.8 Å². The molecule has 0 saturated heterocycles. The third-order valence-corrected chi connectivity index (χ3v) is 3.64. The van der Waals surface area contributed by atoms with Crippen LogP contribution in [0.5, 0.6) is 0 Å². The van der Waals surface area contributed by atoms with E-state index in [0.29, 0.717) is 5.69 Å². The van der Waals surface area contributed by atoms with Crippen molar-refractivity contribution in [2.24, 2.45) is 11.7 Å². The van der Waals surface area contributed by atoms with Crippen LogP contribution >= 0.6 is 0 Å². The normalized spacial score (nSPS) is 23.4. The molecular weight excluding hydrogens is 269 g/mol. The van der Waals surface area contributed by atoms with Crippen LogP contribution in [-0.2, 0) is 11.0 Å². The zero-order chi connectivity index (χ0) is 14.8. The van der Waals surface area contributed by atoms with Crippen LogP contribution in [0.1, 0.15) is 31.2 Å². The fourth-order valence-electron chi connectivity index (χ4n) is 2.46. The third kappa shape index (κ3) is 3.50. The lowest BCUT2D eigenvalue weighted by Gasteiger charge is -2.27. The molecule has 2 rings (SSSR count). The maximum absolute atomic E-state index is 12.4. The van der Waals surface area contributed by atoms with Crippen molar-refractivity contribution in [2.45, 2.75) is 37.9 Å².